The molecule has 5 heteroatoms. The second-order valence-electron chi connectivity index (χ2n) is 8.61. The van der Waals surface area contributed by atoms with E-state index in [-0.39, 0.29) is 17.1 Å². The molecule has 0 bridgehead atoms. The van der Waals surface area contributed by atoms with Gasteiger partial charge >= 0.3 is 0 Å². The van der Waals surface area contributed by atoms with E-state index in [4.69, 9.17) is 0 Å². The van der Waals surface area contributed by atoms with Crippen molar-refractivity contribution in [2.75, 3.05) is 24.5 Å². The Kier molecular flexibility index (Phi) is 5.06. The molecule has 2 heterocycles. The van der Waals surface area contributed by atoms with Crippen molar-refractivity contribution in [1.29, 1.82) is 0 Å². The Balaban J connectivity index is 1.40. The first-order valence-electron chi connectivity index (χ1n) is 10.7. The van der Waals surface area contributed by atoms with Crippen LogP contribution in [0.5, 0.6) is 0 Å². The summed E-state index contributed by atoms with van der Waals surface area (Å²) in [5.74, 6) is -0.964. The van der Waals surface area contributed by atoms with Gasteiger partial charge in [-0.15, -0.1) is 0 Å². The minimum absolute atomic E-state index is 0.240. The zero-order chi connectivity index (χ0) is 21.4. The molecule has 1 saturated heterocycles. The topological polar surface area (TPSA) is 23.6 Å². The van der Waals surface area contributed by atoms with E-state index in [9.17, 15) is 13.6 Å². The minimum Gasteiger partial charge on any atom is -0.307 e. The smallest absolute Gasteiger partial charge is 0.258 e. The van der Waals surface area contributed by atoms with E-state index in [1.54, 1.807) is 29.2 Å². The number of likely N-dealkylation sites (tertiary alicyclic amines) is 1. The fourth-order valence-electron chi connectivity index (χ4n) is 5.01. The van der Waals surface area contributed by atoms with E-state index in [1.807, 2.05) is 18.2 Å². The van der Waals surface area contributed by atoms with Crippen molar-refractivity contribution < 1.29 is 13.6 Å². The normalized spacial score (nSPS) is 17.7. The largest absolute Gasteiger partial charge is 0.307 e. The highest BCUT2D eigenvalue weighted by Crippen LogP contribution is 2.47. The van der Waals surface area contributed by atoms with Gasteiger partial charge in [0.05, 0.1) is 0 Å². The molecule has 31 heavy (non-hydrogen) atoms. The molecule has 3 aromatic carbocycles. The van der Waals surface area contributed by atoms with Crippen LogP contribution in [0, 0.1) is 11.6 Å². The monoisotopic (exact) mass is 418 g/mol. The molecule has 0 aromatic heterocycles. The fraction of sp³-hybridized carbons (Fsp3) is 0.269. The minimum atomic E-state index is -0.437. The van der Waals surface area contributed by atoms with Gasteiger partial charge in [-0.05, 0) is 73.5 Å². The molecule has 1 spiro atoms. The van der Waals surface area contributed by atoms with Crippen LogP contribution in [-0.2, 0) is 12.0 Å². The average molecular weight is 418 g/mol. The lowest BCUT2D eigenvalue weighted by molar-refractivity contribution is 0.0975. The second-order valence-corrected chi connectivity index (χ2v) is 8.61. The van der Waals surface area contributed by atoms with Gasteiger partial charge in [-0.3, -0.25) is 9.69 Å². The highest BCUT2D eigenvalue weighted by Gasteiger charge is 2.46. The summed E-state index contributed by atoms with van der Waals surface area (Å²) in [6, 6.07) is 20.8. The predicted octanol–water partition coefficient (Wildman–Crippen LogP) is 5.16. The molecule has 0 saturated carbocycles. The molecule has 0 N–H and O–H groups in total. The Morgan fingerprint density at radius 3 is 2.35 bits per heavy atom. The van der Waals surface area contributed by atoms with Crippen molar-refractivity contribution in [3.05, 3.63) is 101 Å². The van der Waals surface area contributed by atoms with Crippen molar-refractivity contribution in [1.82, 2.24) is 4.90 Å². The number of hydrogen-bond acceptors (Lipinski definition) is 2. The van der Waals surface area contributed by atoms with E-state index in [1.165, 1.54) is 23.8 Å². The fourth-order valence-corrected chi connectivity index (χ4v) is 5.01. The van der Waals surface area contributed by atoms with E-state index in [2.05, 4.69) is 17.0 Å². The summed E-state index contributed by atoms with van der Waals surface area (Å²) in [6.07, 6.45) is 1.70. The van der Waals surface area contributed by atoms with Gasteiger partial charge in [0, 0.05) is 29.8 Å². The van der Waals surface area contributed by atoms with Crippen LogP contribution in [-0.4, -0.2) is 30.4 Å². The first-order chi connectivity index (χ1) is 15.0. The van der Waals surface area contributed by atoms with Crippen molar-refractivity contribution >= 4 is 11.6 Å². The third-order valence-corrected chi connectivity index (χ3v) is 6.66. The van der Waals surface area contributed by atoms with Gasteiger partial charge in [0.2, 0.25) is 0 Å². The van der Waals surface area contributed by atoms with Crippen LogP contribution in [0.25, 0.3) is 0 Å². The van der Waals surface area contributed by atoms with Crippen molar-refractivity contribution in [3.8, 4) is 0 Å². The van der Waals surface area contributed by atoms with Gasteiger partial charge in [0.1, 0.15) is 11.6 Å². The van der Waals surface area contributed by atoms with Crippen LogP contribution in [0.15, 0.2) is 72.8 Å². The summed E-state index contributed by atoms with van der Waals surface area (Å²) in [7, 11) is 0. The predicted molar refractivity (Wildman–Crippen MR) is 117 cm³/mol. The van der Waals surface area contributed by atoms with Crippen LogP contribution < -0.4 is 4.90 Å². The molecular formula is C26H24F2N2O. The summed E-state index contributed by atoms with van der Waals surface area (Å²) in [5, 5.41) is 0. The van der Waals surface area contributed by atoms with Crippen LogP contribution >= 0.6 is 0 Å². The summed E-state index contributed by atoms with van der Waals surface area (Å²) >= 11 is 0. The Morgan fingerprint density at radius 1 is 0.871 bits per heavy atom. The van der Waals surface area contributed by atoms with Crippen molar-refractivity contribution in [3.63, 3.8) is 0 Å². The summed E-state index contributed by atoms with van der Waals surface area (Å²) in [4.78, 5) is 17.4. The maximum atomic E-state index is 14.2. The van der Waals surface area contributed by atoms with Crippen LogP contribution in [0.2, 0.25) is 0 Å². The third-order valence-electron chi connectivity index (χ3n) is 6.66. The molecule has 0 aliphatic carbocycles. The lowest BCUT2D eigenvalue weighted by Crippen LogP contribution is -2.45. The van der Waals surface area contributed by atoms with Crippen LogP contribution in [0.4, 0.5) is 14.5 Å². The van der Waals surface area contributed by atoms with Crippen LogP contribution in [0.1, 0.15) is 34.3 Å². The van der Waals surface area contributed by atoms with Gasteiger partial charge in [0.15, 0.2) is 0 Å². The second kappa shape index (κ2) is 7.89. The molecule has 1 fully saturated rings. The first kappa shape index (κ1) is 19.9. The maximum absolute atomic E-state index is 14.2. The molecule has 3 nitrogen and oxygen atoms in total. The summed E-state index contributed by atoms with van der Waals surface area (Å²) in [5.41, 5.74) is 2.96. The van der Waals surface area contributed by atoms with Crippen molar-refractivity contribution in [2.24, 2.45) is 0 Å². The average Bonchev–Trinajstić information content (AvgIpc) is 3.09. The molecule has 2 aliphatic rings. The number of carbonyl (C=O) groups excluding carboxylic acids is 1. The Bertz CT molecular complexity index is 1110. The third kappa shape index (κ3) is 3.74. The Labute approximate surface area is 180 Å². The van der Waals surface area contributed by atoms with Gasteiger partial charge in [-0.2, -0.15) is 0 Å². The van der Waals surface area contributed by atoms with E-state index < -0.39 is 5.82 Å². The number of carbonyl (C=O) groups is 1. The van der Waals surface area contributed by atoms with Gasteiger partial charge in [-0.1, -0.05) is 36.4 Å². The van der Waals surface area contributed by atoms with Crippen molar-refractivity contribution in [2.45, 2.75) is 24.8 Å². The Hall–Kier alpha value is -3.05. The number of nitrogens with zero attached hydrogens (tertiary/aromatic N) is 2. The maximum Gasteiger partial charge on any atom is 0.258 e. The number of benzene rings is 3. The van der Waals surface area contributed by atoms with E-state index in [0.29, 0.717) is 12.1 Å². The number of amides is 1. The van der Waals surface area contributed by atoms with Gasteiger partial charge < -0.3 is 4.90 Å². The summed E-state index contributed by atoms with van der Waals surface area (Å²) < 4.78 is 27.9. The molecule has 2 aliphatic heterocycles. The molecular weight excluding hydrogens is 394 g/mol. The number of anilines is 1. The number of fused-ring (bicyclic) bond motifs is 2. The van der Waals surface area contributed by atoms with Crippen LogP contribution in [0.3, 0.4) is 0 Å². The number of rotatable bonds is 3. The zero-order valence-electron chi connectivity index (χ0n) is 17.2. The molecule has 0 radical (unpaired) electrons. The van der Waals surface area contributed by atoms with Gasteiger partial charge in [-0.25, -0.2) is 8.78 Å². The molecule has 1 amide bonds. The number of hydrogen-bond donors (Lipinski definition) is 0. The van der Waals surface area contributed by atoms with E-state index >= 15 is 0 Å². The standard InChI is InChI=1S/C26H24F2N2O/c27-21-8-4-7-20(15-21)25(31)30-18-26(23-16-22(28)9-10-24(23)30)11-13-29(14-12-26)17-19-5-2-1-3-6-19/h1-10,15-16H,11-14,17-18H2. The SMILES string of the molecule is O=C(c1cccc(F)c1)N1CC2(CCN(Cc3ccccc3)CC2)c2cc(F)ccc21. The lowest BCUT2D eigenvalue weighted by atomic mass is 9.74. The molecule has 5 rings (SSSR count). The number of halogens is 2. The first-order valence-corrected chi connectivity index (χ1v) is 10.7. The molecule has 0 unspecified atom stereocenters. The lowest BCUT2D eigenvalue weighted by Gasteiger charge is -2.40. The Morgan fingerprint density at radius 2 is 1.61 bits per heavy atom. The zero-order valence-corrected chi connectivity index (χ0v) is 17.2. The quantitative estimate of drug-likeness (QED) is 0.587. The molecule has 158 valence electrons. The molecule has 3 aromatic rings. The highest BCUT2D eigenvalue weighted by atomic mass is 19.1. The van der Waals surface area contributed by atoms with E-state index in [0.717, 1.165) is 43.7 Å². The highest BCUT2D eigenvalue weighted by molar-refractivity contribution is 6.07. The number of piperidine rings is 1. The summed E-state index contributed by atoms with van der Waals surface area (Å²) in [6.45, 7) is 3.15. The van der Waals surface area contributed by atoms with Gasteiger partial charge in [0.25, 0.3) is 5.91 Å². The molecule has 0 atom stereocenters.